The van der Waals surface area contributed by atoms with Crippen molar-refractivity contribution in [3.63, 3.8) is 0 Å². The summed E-state index contributed by atoms with van der Waals surface area (Å²) in [7, 11) is 0. The summed E-state index contributed by atoms with van der Waals surface area (Å²) < 4.78 is 10.7. The van der Waals surface area contributed by atoms with E-state index in [9.17, 15) is 14.4 Å². The van der Waals surface area contributed by atoms with Gasteiger partial charge in [-0.2, -0.15) is 0 Å². The van der Waals surface area contributed by atoms with E-state index in [1.807, 2.05) is 30.3 Å². The first-order chi connectivity index (χ1) is 13.3. The Morgan fingerprint density at radius 1 is 0.931 bits per heavy atom. The van der Waals surface area contributed by atoms with E-state index >= 15 is 0 Å². The number of carbonyl (C=O) groups excluding carboxylic acids is 3. The summed E-state index contributed by atoms with van der Waals surface area (Å²) in [5.41, 5.74) is 5.41. The fraction of sp³-hybridized carbons (Fsp3) is 0.591. The van der Waals surface area contributed by atoms with E-state index in [0.29, 0.717) is 6.42 Å². The topological polar surface area (TPSA) is 108 Å². The van der Waals surface area contributed by atoms with Crippen LogP contribution in [0.2, 0.25) is 0 Å². The maximum absolute atomic E-state index is 12.6. The van der Waals surface area contributed by atoms with Crippen LogP contribution in [0.25, 0.3) is 0 Å². The fourth-order valence-corrected chi connectivity index (χ4v) is 2.46. The van der Waals surface area contributed by atoms with Crippen molar-refractivity contribution in [3.8, 4) is 0 Å². The van der Waals surface area contributed by atoms with E-state index < -0.39 is 35.2 Å². The summed E-state index contributed by atoms with van der Waals surface area (Å²) in [4.78, 5) is 36.9. The molecule has 0 heterocycles. The first-order valence-electron chi connectivity index (χ1n) is 9.81. The lowest BCUT2D eigenvalue weighted by Crippen LogP contribution is -2.46. The van der Waals surface area contributed by atoms with Gasteiger partial charge in [0.05, 0.1) is 0 Å². The van der Waals surface area contributed by atoms with Crippen LogP contribution in [0.1, 0.15) is 59.9 Å². The molecule has 0 saturated carbocycles. The summed E-state index contributed by atoms with van der Waals surface area (Å²) in [6, 6.07) is 7.62. The van der Waals surface area contributed by atoms with Gasteiger partial charge in [0.2, 0.25) is 5.91 Å². The van der Waals surface area contributed by atoms with Gasteiger partial charge < -0.3 is 20.5 Å². The van der Waals surface area contributed by atoms with Crippen molar-refractivity contribution in [2.45, 2.75) is 84.1 Å². The van der Waals surface area contributed by atoms with Crippen molar-refractivity contribution in [1.82, 2.24) is 5.32 Å². The highest BCUT2D eigenvalue weighted by Gasteiger charge is 2.28. The predicted octanol–water partition coefficient (Wildman–Crippen LogP) is 2.50. The Morgan fingerprint density at radius 3 is 1.97 bits per heavy atom. The van der Waals surface area contributed by atoms with Gasteiger partial charge in [-0.3, -0.25) is 9.59 Å². The molecular formula is C22H34N2O5. The van der Waals surface area contributed by atoms with Crippen LogP contribution in [0.3, 0.4) is 0 Å². The molecular weight excluding hydrogens is 372 g/mol. The molecule has 0 fully saturated rings. The summed E-state index contributed by atoms with van der Waals surface area (Å²) in [6.07, 6.45) is 0.418. The minimum absolute atomic E-state index is 0.00546. The van der Waals surface area contributed by atoms with Crippen LogP contribution in [0.15, 0.2) is 30.3 Å². The zero-order chi connectivity index (χ0) is 22.2. The van der Waals surface area contributed by atoms with Gasteiger partial charge in [0.25, 0.3) is 0 Å². The second kappa shape index (κ2) is 10.4. The number of amides is 1. The molecule has 0 aliphatic heterocycles. The van der Waals surface area contributed by atoms with Gasteiger partial charge in [0.15, 0.2) is 0 Å². The van der Waals surface area contributed by atoms with E-state index in [1.165, 1.54) is 0 Å². The van der Waals surface area contributed by atoms with Gasteiger partial charge in [0.1, 0.15) is 23.3 Å². The molecule has 1 amide bonds. The molecule has 0 unspecified atom stereocenters. The van der Waals surface area contributed by atoms with Crippen molar-refractivity contribution in [3.05, 3.63) is 35.9 Å². The van der Waals surface area contributed by atoms with Gasteiger partial charge in [-0.1, -0.05) is 30.3 Å². The Labute approximate surface area is 173 Å². The van der Waals surface area contributed by atoms with Gasteiger partial charge in [-0.25, -0.2) is 4.79 Å². The van der Waals surface area contributed by atoms with E-state index in [2.05, 4.69) is 5.32 Å². The Balaban J connectivity index is 2.70. The van der Waals surface area contributed by atoms with Crippen LogP contribution in [-0.4, -0.2) is 41.1 Å². The third-order valence-electron chi connectivity index (χ3n) is 3.70. The summed E-state index contributed by atoms with van der Waals surface area (Å²) in [6.45, 7) is 10.6. The normalized spacial score (nSPS) is 13.9. The SMILES string of the molecule is CC(C)(C)OC(=O)[C@@H](N)CCC(=O)N[C@H](Cc1ccccc1)C(=O)OC(C)(C)C. The molecule has 7 nitrogen and oxygen atoms in total. The molecule has 1 rings (SSSR count). The molecule has 0 spiro atoms. The van der Waals surface area contributed by atoms with Crippen molar-refractivity contribution < 1.29 is 23.9 Å². The van der Waals surface area contributed by atoms with Crippen LogP contribution >= 0.6 is 0 Å². The van der Waals surface area contributed by atoms with Gasteiger partial charge >= 0.3 is 11.9 Å². The zero-order valence-corrected chi connectivity index (χ0v) is 18.3. The molecule has 2 atom stereocenters. The van der Waals surface area contributed by atoms with Gasteiger partial charge in [-0.05, 0) is 53.5 Å². The molecule has 0 aliphatic rings. The van der Waals surface area contributed by atoms with E-state index in [4.69, 9.17) is 15.2 Å². The maximum Gasteiger partial charge on any atom is 0.329 e. The minimum Gasteiger partial charge on any atom is -0.459 e. The number of hydrogen-bond acceptors (Lipinski definition) is 6. The van der Waals surface area contributed by atoms with Crippen molar-refractivity contribution in [2.75, 3.05) is 0 Å². The standard InChI is InChI=1S/C22H34N2O5/c1-21(2,3)28-19(26)16(23)12-13-18(25)24-17(20(27)29-22(4,5)6)14-15-10-8-7-9-11-15/h7-11,16-17H,12-14,23H2,1-6H3,(H,24,25)/t16-,17+/m0/s1. The lowest BCUT2D eigenvalue weighted by Gasteiger charge is -2.25. The van der Waals surface area contributed by atoms with Gasteiger partial charge in [0, 0.05) is 12.8 Å². The van der Waals surface area contributed by atoms with Crippen LogP contribution in [0, 0.1) is 0 Å². The smallest absolute Gasteiger partial charge is 0.329 e. The number of hydrogen-bond donors (Lipinski definition) is 2. The second-order valence-corrected chi connectivity index (χ2v) is 9.02. The van der Waals surface area contributed by atoms with Crippen LogP contribution in [-0.2, 0) is 30.3 Å². The fourth-order valence-electron chi connectivity index (χ4n) is 2.46. The second-order valence-electron chi connectivity index (χ2n) is 9.02. The number of benzene rings is 1. The summed E-state index contributed by atoms with van der Waals surface area (Å²) in [5, 5.41) is 2.71. The summed E-state index contributed by atoms with van der Waals surface area (Å²) in [5.74, 6) is -1.44. The molecule has 0 bridgehead atoms. The Morgan fingerprint density at radius 2 is 1.45 bits per heavy atom. The quantitative estimate of drug-likeness (QED) is 0.642. The van der Waals surface area contributed by atoms with E-state index in [-0.39, 0.29) is 18.7 Å². The molecule has 0 saturated heterocycles. The number of esters is 2. The highest BCUT2D eigenvalue weighted by atomic mass is 16.6. The first-order valence-corrected chi connectivity index (χ1v) is 9.81. The average Bonchev–Trinajstić information content (AvgIpc) is 2.57. The molecule has 0 radical (unpaired) electrons. The lowest BCUT2D eigenvalue weighted by atomic mass is 10.0. The van der Waals surface area contributed by atoms with Crippen LogP contribution < -0.4 is 11.1 Å². The Bertz CT molecular complexity index is 689. The molecule has 29 heavy (non-hydrogen) atoms. The predicted molar refractivity (Wildman–Crippen MR) is 111 cm³/mol. The molecule has 7 heteroatoms. The Hall–Kier alpha value is -2.41. The van der Waals surface area contributed by atoms with Crippen LogP contribution in [0.4, 0.5) is 0 Å². The van der Waals surface area contributed by atoms with Crippen molar-refractivity contribution in [2.24, 2.45) is 5.73 Å². The van der Waals surface area contributed by atoms with E-state index in [1.54, 1.807) is 41.5 Å². The summed E-state index contributed by atoms with van der Waals surface area (Å²) >= 11 is 0. The largest absolute Gasteiger partial charge is 0.459 e. The number of rotatable bonds is 8. The monoisotopic (exact) mass is 406 g/mol. The third-order valence-corrected chi connectivity index (χ3v) is 3.70. The highest BCUT2D eigenvalue weighted by Crippen LogP contribution is 2.13. The van der Waals surface area contributed by atoms with E-state index in [0.717, 1.165) is 5.56 Å². The average molecular weight is 407 g/mol. The first kappa shape index (κ1) is 24.6. The number of nitrogens with two attached hydrogens (primary N) is 1. The maximum atomic E-state index is 12.6. The number of carbonyl (C=O) groups is 3. The minimum atomic E-state index is -0.908. The molecule has 1 aromatic carbocycles. The molecule has 1 aromatic rings. The zero-order valence-electron chi connectivity index (χ0n) is 18.3. The van der Waals surface area contributed by atoms with Gasteiger partial charge in [-0.15, -0.1) is 0 Å². The third kappa shape index (κ3) is 10.6. The number of ether oxygens (including phenoxy) is 2. The molecule has 0 aliphatic carbocycles. The molecule has 3 N–H and O–H groups in total. The molecule has 162 valence electrons. The Kier molecular flexibility index (Phi) is 8.82. The number of nitrogens with one attached hydrogen (secondary N) is 1. The lowest BCUT2D eigenvalue weighted by molar-refractivity contribution is -0.159. The molecule has 0 aromatic heterocycles. The van der Waals surface area contributed by atoms with Crippen molar-refractivity contribution >= 4 is 17.8 Å². The van der Waals surface area contributed by atoms with Crippen LogP contribution in [0.5, 0.6) is 0 Å². The van der Waals surface area contributed by atoms with Crippen molar-refractivity contribution in [1.29, 1.82) is 0 Å². The highest BCUT2D eigenvalue weighted by molar-refractivity contribution is 5.85.